The van der Waals surface area contributed by atoms with Crippen molar-refractivity contribution < 1.29 is 4.84 Å². The average Bonchev–Trinajstić information content (AvgIpc) is 2.34. The van der Waals surface area contributed by atoms with Crippen molar-refractivity contribution in [3.8, 4) is 6.07 Å². The molecule has 3 nitrogen and oxygen atoms in total. The van der Waals surface area contributed by atoms with Gasteiger partial charge in [0.25, 0.3) is 0 Å². The van der Waals surface area contributed by atoms with Crippen LogP contribution in [-0.4, -0.2) is 24.8 Å². The molecule has 0 radical (unpaired) electrons. The monoisotopic (exact) mass is 126 g/mol. The van der Waals surface area contributed by atoms with Gasteiger partial charge in [-0.3, -0.25) is 4.84 Å². The smallest absolute Gasteiger partial charge is 0.0698 e. The third-order valence-corrected chi connectivity index (χ3v) is 1.30. The molecule has 0 amide bonds. The quantitative estimate of drug-likeness (QED) is 0.541. The van der Waals surface area contributed by atoms with E-state index in [2.05, 4.69) is 6.07 Å². The predicted octanol–water partition coefficient (Wildman–Crippen LogP) is 0.537. The van der Waals surface area contributed by atoms with E-state index in [-0.39, 0.29) is 0 Å². The molecule has 0 saturated carbocycles. The SMILES string of the molecule is N#CCCN1CCCO1. The predicted molar refractivity (Wildman–Crippen MR) is 32.4 cm³/mol. The second-order valence-corrected chi connectivity index (χ2v) is 2.02. The highest BCUT2D eigenvalue weighted by Crippen LogP contribution is 2.03. The molecule has 0 aromatic carbocycles. The Morgan fingerprint density at radius 3 is 3.11 bits per heavy atom. The number of hydrogen-bond acceptors (Lipinski definition) is 3. The molecule has 0 unspecified atom stereocenters. The highest BCUT2D eigenvalue weighted by atomic mass is 16.7. The second-order valence-electron chi connectivity index (χ2n) is 2.02. The Balaban J connectivity index is 2.06. The van der Waals surface area contributed by atoms with Gasteiger partial charge < -0.3 is 0 Å². The highest BCUT2D eigenvalue weighted by Gasteiger charge is 2.10. The van der Waals surface area contributed by atoms with E-state index in [0.29, 0.717) is 6.42 Å². The van der Waals surface area contributed by atoms with Crippen molar-refractivity contribution in [2.45, 2.75) is 12.8 Å². The molecule has 1 heterocycles. The molecule has 3 heteroatoms. The van der Waals surface area contributed by atoms with Crippen LogP contribution >= 0.6 is 0 Å². The summed E-state index contributed by atoms with van der Waals surface area (Å²) in [6.07, 6.45) is 1.67. The minimum absolute atomic E-state index is 0.569. The van der Waals surface area contributed by atoms with Crippen molar-refractivity contribution in [1.29, 1.82) is 5.26 Å². The van der Waals surface area contributed by atoms with Crippen LogP contribution in [0.4, 0.5) is 0 Å². The summed E-state index contributed by atoms with van der Waals surface area (Å²) in [5.41, 5.74) is 0. The summed E-state index contributed by atoms with van der Waals surface area (Å²) in [4.78, 5) is 5.14. The van der Waals surface area contributed by atoms with E-state index in [1.807, 2.05) is 5.06 Å². The Labute approximate surface area is 54.8 Å². The lowest BCUT2D eigenvalue weighted by Crippen LogP contribution is -2.18. The molecule has 50 valence electrons. The topological polar surface area (TPSA) is 36.3 Å². The zero-order chi connectivity index (χ0) is 6.53. The van der Waals surface area contributed by atoms with E-state index < -0.39 is 0 Å². The van der Waals surface area contributed by atoms with Gasteiger partial charge in [0.1, 0.15) is 0 Å². The Bertz CT molecular complexity index is 113. The normalized spacial score (nSPS) is 19.9. The van der Waals surface area contributed by atoms with E-state index in [0.717, 1.165) is 26.1 Å². The van der Waals surface area contributed by atoms with Gasteiger partial charge in [-0.25, -0.2) is 0 Å². The largest absolute Gasteiger partial charge is 0.299 e. The van der Waals surface area contributed by atoms with E-state index in [1.54, 1.807) is 0 Å². The summed E-state index contributed by atoms with van der Waals surface area (Å²) in [5, 5.41) is 10.0. The van der Waals surface area contributed by atoms with Crippen molar-refractivity contribution in [2.24, 2.45) is 0 Å². The molecule has 1 saturated heterocycles. The van der Waals surface area contributed by atoms with Crippen LogP contribution in [-0.2, 0) is 4.84 Å². The van der Waals surface area contributed by atoms with Crippen molar-refractivity contribution in [3.05, 3.63) is 0 Å². The van der Waals surface area contributed by atoms with Crippen molar-refractivity contribution in [2.75, 3.05) is 19.7 Å². The first-order valence-electron chi connectivity index (χ1n) is 3.18. The molecule has 1 fully saturated rings. The van der Waals surface area contributed by atoms with Crippen LogP contribution in [0.1, 0.15) is 12.8 Å². The van der Waals surface area contributed by atoms with Gasteiger partial charge in [0.05, 0.1) is 19.1 Å². The van der Waals surface area contributed by atoms with Crippen LogP contribution in [0.3, 0.4) is 0 Å². The fourth-order valence-corrected chi connectivity index (χ4v) is 0.850. The maximum atomic E-state index is 8.19. The molecular weight excluding hydrogens is 116 g/mol. The molecule has 0 aromatic heterocycles. The lowest BCUT2D eigenvalue weighted by molar-refractivity contribution is -0.108. The molecule has 0 atom stereocenters. The lowest BCUT2D eigenvalue weighted by atomic mass is 10.4. The summed E-state index contributed by atoms with van der Waals surface area (Å²) < 4.78 is 0. The lowest BCUT2D eigenvalue weighted by Gasteiger charge is -2.09. The first-order valence-corrected chi connectivity index (χ1v) is 3.18. The zero-order valence-corrected chi connectivity index (χ0v) is 5.34. The molecule has 0 spiro atoms. The highest BCUT2D eigenvalue weighted by molar-refractivity contribution is 4.70. The van der Waals surface area contributed by atoms with Crippen molar-refractivity contribution in [3.63, 3.8) is 0 Å². The van der Waals surface area contributed by atoms with E-state index in [1.165, 1.54) is 0 Å². The van der Waals surface area contributed by atoms with Gasteiger partial charge in [-0.2, -0.15) is 10.3 Å². The van der Waals surface area contributed by atoms with Gasteiger partial charge in [-0.1, -0.05) is 0 Å². The third kappa shape index (κ3) is 2.00. The zero-order valence-electron chi connectivity index (χ0n) is 5.34. The van der Waals surface area contributed by atoms with Gasteiger partial charge in [0.15, 0.2) is 0 Å². The minimum atomic E-state index is 0.569. The minimum Gasteiger partial charge on any atom is -0.299 e. The van der Waals surface area contributed by atoms with E-state index in [4.69, 9.17) is 10.1 Å². The fourth-order valence-electron chi connectivity index (χ4n) is 0.850. The Kier molecular flexibility index (Phi) is 2.49. The van der Waals surface area contributed by atoms with Gasteiger partial charge in [0, 0.05) is 13.1 Å². The molecule has 9 heavy (non-hydrogen) atoms. The maximum Gasteiger partial charge on any atom is 0.0698 e. The maximum absolute atomic E-state index is 8.19. The number of hydrogen-bond donors (Lipinski definition) is 0. The summed E-state index contributed by atoms with van der Waals surface area (Å²) in [6.45, 7) is 2.57. The molecule has 0 N–H and O–H groups in total. The van der Waals surface area contributed by atoms with Crippen LogP contribution in [0.5, 0.6) is 0 Å². The van der Waals surface area contributed by atoms with Crippen LogP contribution in [0, 0.1) is 11.3 Å². The summed E-state index contributed by atoms with van der Waals surface area (Å²) in [5.74, 6) is 0. The van der Waals surface area contributed by atoms with Gasteiger partial charge >= 0.3 is 0 Å². The van der Waals surface area contributed by atoms with Gasteiger partial charge in [0.2, 0.25) is 0 Å². The Hall–Kier alpha value is -0.590. The van der Waals surface area contributed by atoms with Gasteiger partial charge in [-0.15, -0.1) is 0 Å². The summed E-state index contributed by atoms with van der Waals surface area (Å²) in [7, 11) is 0. The molecular formula is C6H10N2O. The molecule has 0 aromatic rings. The standard InChI is InChI=1S/C6H10N2O/c7-3-1-4-8-5-2-6-9-8/h1-2,4-6H2. The average molecular weight is 126 g/mol. The number of nitriles is 1. The third-order valence-electron chi connectivity index (χ3n) is 1.30. The molecule has 1 rings (SSSR count). The van der Waals surface area contributed by atoms with Crippen LogP contribution in [0.15, 0.2) is 0 Å². The van der Waals surface area contributed by atoms with Crippen molar-refractivity contribution in [1.82, 2.24) is 5.06 Å². The Morgan fingerprint density at radius 1 is 1.67 bits per heavy atom. The first-order chi connectivity index (χ1) is 4.43. The number of nitrogens with zero attached hydrogens (tertiary/aromatic N) is 2. The molecule has 1 aliphatic heterocycles. The molecule has 0 bridgehead atoms. The fraction of sp³-hybridized carbons (Fsp3) is 0.833. The second kappa shape index (κ2) is 3.44. The van der Waals surface area contributed by atoms with Gasteiger partial charge in [-0.05, 0) is 6.42 Å². The summed E-state index contributed by atoms with van der Waals surface area (Å²) >= 11 is 0. The Morgan fingerprint density at radius 2 is 2.56 bits per heavy atom. The van der Waals surface area contributed by atoms with Crippen molar-refractivity contribution >= 4 is 0 Å². The van der Waals surface area contributed by atoms with E-state index in [9.17, 15) is 0 Å². The number of rotatable bonds is 2. The molecule has 1 aliphatic rings. The molecule has 0 aliphatic carbocycles. The summed E-state index contributed by atoms with van der Waals surface area (Å²) in [6, 6.07) is 2.07. The van der Waals surface area contributed by atoms with E-state index >= 15 is 0 Å². The van der Waals surface area contributed by atoms with Crippen LogP contribution in [0.25, 0.3) is 0 Å². The first kappa shape index (κ1) is 6.53. The van der Waals surface area contributed by atoms with Crippen LogP contribution < -0.4 is 0 Å². The number of hydroxylamine groups is 2. The van der Waals surface area contributed by atoms with Crippen LogP contribution in [0.2, 0.25) is 0 Å².